The van der Waals surface area contributed by atoms with Crippen molar-refractivity contribution in [3.63, 3.8) is 0 Å². The van der Waals surface area contributed by atoms with E-state index in [0.717, 1.165) is 30.6 Å². The van der Waals surface area contributed by atoms with E-state index in [1.54, 1.807) is 0 Å². The summed E-state index contributed by atoms with van der Waals surface area (Å²) in [4.78, 5) is 6.85. The number of likely N-dealkylation sites (tertiary alicyclic amines) is 1. The fourth-order valence-electron chi connectivity index (χ4n) is 2.96. The van der Waals surface area contributed by atoms with E-state index < -0.39 is 0 Å². The molecule has 7 nitrogen and oxygen atoms in total. The van der Waals surface area contributed by atoms with Crippen molar-refractivity contribution in [2.24, 2.45) is 5.92 Å². The predicted octanol–water partition coefficient (Wildman–Crippen LogP) is 2.28. The summed E-state index contributed by atoms with van der Waals surface area (Å²) in [5, 5.41) is 11.7. The third kappa shape index (κ3) is 3.00. The lowest BCUT2D eigenvalue weighted by atomic mass is 10.1. The third-order valence-corrected chi connectivity index (χ3v) is 4.17. The third-order valence-electron chi connectivity index (χ3n) is 4.17. The van der Waals surface area contributed by atoms with Crippen LogP contribution in [0.1, 0.15) is 12.3 Å². The van der Waals surface area contributed by atoms with Crippen LogP contribution in [0.4, 0.5) is 0 Å². The van der Waals surface area contributed by atoms with Gasteiger partial charge in [0.25, 0.3) is 0 Å². The molecule has 0 saturated carbocycles. The summed E-state index contributed by atoms with van der Waals surface area (Å²) in [6.45, 7) is 2.24. The van der Waals surface area contributed by atoms with Gasteiger partial charge in [-0.2, -0.15) is 4.98 Å². The molecule has 0 aliphatic carbocycles. The molecule has 1 saturated heterocycles. The van der Waals surface area contributed by atoms with Crippen LogP contribution in [0.3, 0.4) is 0 Å². The molecule has 0 radical (unpaired) electrons. The largest absolute Gasteiger partial charge is 0.423 e. The second-order valence-corrected chi connectivity index (χ2v) is 5.95. The van der Waals surface area contributed by atoms with Gasteiger partial charge in [-0.1, -0.05) is 17.3 Å². The highest BCUT2D eigenvalue weighted by Crippen LogP contribution is 2.23. The lowest BCUT2D eigenvalue weighted by molar-refractivity contribution is 0.343. The van der Waals surface area contributed by atoms with Gasteiger partial charge in [0, 0.05) is 24.1 Å². The molecule has 1 fully saturated rings. The number of nitrogens with zero attached hydrogens (tertiary/aromatic N) is 5. The Kier molecular flexibility index (Phi) is 3.63. The van der Waals surface area contributed by atoms with E-state index in [-0.39, 0.29) is 0 Å². The Morgan fingerprint density at radius 2 is 2.04 bits per heavy atom. The maximum atomic E-state index is 5.40. The summed E-state index contributed by atoms with van der Waals surface area (Å²) in [5.74, 6) is 2.42. The average Bonchev–Trinajstić information content (AvgIpc) is 3.30. The highest BCUT2D eigenvalue weighted by molar-refractivity contribution is 5.61. The smallest absolute Gasteiger partial charge is 0.247 e. The Hall–Kier alpha value is -2.54. The molecule has 4 rings (SSSR count). The van der Waals surface area contributed by atoms with E-state index in [0.29, 0.717) is 23.5 Å². The monoisotopic (exact) mass is 311 g/mol. The van der Waals surface area contributed by atoms with Gasteiger partial charge in [-0.3, -0.25) is 0 Å². The Labute approximate surface area is 133 Å². The van der Waals surface area contributed by atoms with E-state index in [4.69, 9.17) is 8.94 Å². The molecule has 23 heavy (non-hydrogen) atoms. The molecular formula is C16H17N5O2. The molecule has 0 amide bonds. The van der Waals surface area contributed by atoms with Gasteiger partial charge in [0.2, 0.25) is 24.0 Å². The van der Waals surface area contributed by atoms with Gasteiger partial charge in [0.05, 0.1) is 0 Å². The molecule has 2 aromatic heterocycles. The molecular weight excluding hydrogens is 294 g/mol. The van der Waals surface area contributed by atoms with Crippen molar-refractivity contribution in [3.05, 3.63) is 36.5 Å². The van der Waals surface area contributed by atoms with Crippen LogP contribution in [0.15, 0.2) is 39.6 Å². The predicted molar refractivity (Wildman–Crippen MR) is 82.3 cm³/mol. The number of hydrogen-bond acceptors (Lipinski definition) is 7. The molecule has 0 bridgehead atoms. The topological polar surface area (TPSA) is 81.1 Å². The summed E-state index contributed by atoms with van der Waals surface area (Å²) >= 11 is 0. The SMILES string of the molecule is CN1CCC(Cc2nc(-c3ccc(-c4nnco4)cc3)no2)C1. The second-order valence-electron chi connectivity index (χ2n) is 5.95. The van der Waals surface area contributed by atoms with E-state index >= 15 is 0 Å². The minimum atomic E-state index is 0.496. The quantitative estimate of drug-likeness (QED) is 0.731. The van der Waals surface area contributed by atoms with Crippen LogP contribution in [-0.4, -0.2) is 45.4 Å². The van der Waals surface area contributed by atoms with Crippen LogP contribution in [0.25, 0.3) is 22.8 Å². The van der Waals surface area contributed by atoms with Crippen LogP contribution in [-0.2, 0) is 6.42 Å². The van der Waals surface area contributed by atoms with E-state index in [1.807, 2.05) is 24.3 Å². The highest BCUT2D eigenvalue weighted by atomic mass is 16.5. The summed E-state index contributed by atoms with van der Waals surface area (Å²) < 4.78 is 10.6. The first-order chi connectivity index (χ1) is 11.3. The number of hydrogen-bond donors (Lipinski definition) is 0. The average molecular weight is 311 g/mol. The Bertz CT molecular complexity index is 766. The number of rotatable bonds is 4. The number of aromatic nitrogens is 4. The van der Waals surface area contributed by atoms with Crippen molar-refractivity contribution in [2.45, 2.75) is 12.8 Å². The van der Waals surface area contributed by atoms with Gasteiger partial charge in [0.15, 0.2) is 0 Å². The second kappa shape index (κ2) is 5.92. The van der Waals surface area contributed by atoms with Gasteiger partial charge < -0.3 is 13.8 Å². The van der Waals surface area contributed by atoms with E-state index in [9.17, 15) is 0 Å². The summed E-state index contributed by atoms with van der Waals surface area (Å²) in [6.07, 6.45) is 3.35. The lowest BCUT2D eigenvalue weighted by Crippen LogP contribution is -2.15. The van der Waals surface area contributed by atoms with E-state index in [1.165, 1.54) is 12.8 Å². The molecule has 0 spiro atoms. The Morgan fingerprint density at radius 1 is 1.22 bits per heavy atom. The van der Waals surface area contributed by atoms with E-state index in [2.05, 4.69) is 32.3 Å². The Balaban J connectivity index is 1.48. The molecule has 3 heterocycles. The maximum Gasteiger partial charge on any atom is 0.247 e. The zero-order valence-corrected chi connectivity index (χ0v) is 12.8. The lowest BCUT2D eigenvalue weighted by Gasteiger charge is -2.06. The molecule has 1 atom stereocenters. The van der Waals surface area contributed by atoms with Crippen LogP contribution < -0.4 is 0 Å². The van der Waals surface area contributed by atoms with Crippen LogP contribution >= 0.6 is 0 Å². The zero-order chi connectivity index (χ0) is 15.6. The van der Waals surface area contributed by atoms with Gasteiger partial charge in [0.1, 0.15) is 0 Å². The van der Waals surface area contributed by atoms with Crippen LogP contribution in [0.2, 0.25) is 0 Å². The van der Waals surface area contributed by atoms with Crippen molar-refractivity contribution < 1.29 is 8.94 Å². The minimum absolute atomic E-state index is 0.496. The zero-order valence-electron chi connectivity index (χ0n) is 12.8. The Morgan fingerprint density at radius 3 is 2.74 bits per heavy atom. The molecule has 1 aliphatic rings. The molecule has 3 aromatic rings. The number of benzene rings is 1. The van der Waals surface area contributed by atoms with Crippen molar-refractivity contribution in [1.29, 1.82) is 0 Å². The minimum Gasteiger partial charge on any atom is -0.423 e. The first-order valence-corrected chi connectivity index (χ1v) is 7.66. The van der Waals surface area contributed by atoms with Crippen LogP contribution in [0, 0.1) is 5.92 Å². The first-order valence-electron chi connectivity index (χ1n) is 7.66. The normalized spacial score (nSPS) is 18.6. The van der Waals surface area contributed by atoms with Gasteiger partial charge >= 0.3 is 0 Å². The summed E-state index contributed by atoms with van der Waals surface area (Å²) in [6, 6.07) is 7.67. The van der Waals surface area contributed by atoms with Crippen molar-refractivity contribution in [2.75, 3.05) is 20.1 Å². The molecule has 1 aromatic carbocycles. The van der Waals surface area contributed by atoms with Gasteiger partial charge in [-0.05, 0) is 38.1 Å². The molecule has 118 valence electrons. The maximum absolute atomic E-state index is 5.40. The van der Waals surface area contributed by atoms with Gasteiger partial charge in [-0.15, -0.1) is 10.2 Å². The van der Waals surface area contributed by atoms with Crippen molar-refractivity contribution >= 4 is 0 Å². The fourth-order valence-corrected chi connectivity index (χ4v) is 2.96. The molecule has 1 aliphatic heterocycles. The molecule has 0 N–H and O–H groups in total. The standard InChI is InChI=1S/C16H17N5O2/c1-21-7-6-11(9-21)8-14-18-15(20-23-14)12-2-4-13(5-3-12)16-19-17-10-22-16/h2-5,10-11H,6-9H2,1H3. The molecule has 7 heteroatoms. The first kappa shape index (κ1) is 14.1. The fraction of sp³-hybridized carbons (Fsp3) is 0.375. The van der Waals surface area contributed by atoms with Crippen molar-refractivity contribution in [1.82, 2.24) is 25.2 Å². The van der Waals surface area contributed by atoms with Gasteiger partial charge in [-0.25, -0.2) is 0 Å². The molecule has 1 unspecified atom stereocenters. The summed E-state index contributed by atoms with van der Waals surface area (Å²) in [5.41, 5.74) is 1.77. The highest BCUT2D eigenvalue weighted by Gasteiger charge is 2.22. The summed E-state index contributed by atoms with van der Waals surface area (Å²) in [7, 11) is 2.14. The van der Waals surface area contributed by atoms with Crippen LogP contribution in [0.5, 0.6) is 0 Å². The van der Waals surface area contributed by atoms with Crippen molar-refractivity contribution in [3.8, 4) is 22.8 Å².